The molecule has 0 radical (unpaired) electrons. The second-order valence-electron chi connectivity index (χ2n) is 7.73. The zero-order valence-corrected chi connectivity index (χ0v) is 20.1. The van der Waals surface area contributed by atoms with Crippen LogP contribution in [0.25, 0.3) is 0 Å². The molecule has 0 bridgehead atoms. The van der Waals surface area contributed by atoms with Crippen LogP contribution in [-0.2, 0) is 11.8 Å². The summed E-state index contributed by atoms with van der Waals surface area (Å²) >= 11 is 0. The van der Waals surface area contributed by atoms with E-state index in [1.165, 1.54) is 0 Å². The van der Waals surface area contributed by atoms with Crippen molar-refractivity contribution in [3.8, 4) is 17.2 Å². The zero-order valence-electron chi connectivity index (χ0n) is 19.1. The van der Waals surface area contributed by atoms with Gasteiger partial charge in [0.25, 0.3) is 0 Å². The number of nitrogens with zero attached hydrogens (tertiary/aromatic N) is 3. The Kier molecular flexibility index (Phi) is 10.3. The maximum atomic E-state index is 10.2. The molecule has 1 aromatic heterocycles. The van der Waals surface area contributed by atoms with Crippen molar-refractivity contribution in [2.24, 2.45) is 0 Å². The van der Waals surface area contributed by atoms with E-state index in [0.717, 1.165) is 49.2 Å². The number of unbranched alkanes of at least 4 members (excludes halogenated alkanes) is 2. The van der Waals surface area contributed by atoms with E-state index >= 15 is 0 Å². The van der Waals surface area contributed by atoms with Crippen molar-refractivity contribution in [1.29, 1.82) is 0 Å². The smallest absolute Gasteiger partial charge is 1.00 e. The second-order valence-corrected chi connectivity index (χ2v) is 7.73. The van der Waals surface area contributed by atoms with E-state index in [4.69, 9.17) is 9.47 Å². The van der Waals surface area contributed by atoms with E-state index in [9.17, 15) is 5.11 Å². The number of nitrogens with one attached hydrogen (secondary N) is 1. The number of H-pyrrole nitrogens is 1. The largest absolute Gasteiger partial charge is 1.00 e. The number of aryl methyl sites for hydroxylation is 1. The van der Waals surface area contributed by atoms with Crippen LogP contribution >= 0.6 is 0 Å². The molecular weight excluding hydrogens is 367 g/mol. The maximum Gasteiger partial charge on any atom is 1.00 e. The topological polar surface area (TPSA) is 93.1 Å². The Bertz CT molecular complexity index is 712. The van der Waals surface area contributed by atoms with E-state index in [-0.39, 0.29) is 48.3 Å². The average molecular weight is 400 g/mol. The molecule has 0 unspecified atom stereocenters. The SMILES string of the molecule is CCc1cc(OC(C)C)c(O)cc1OCCCCCC(C)(C)c1nn[nH]n1.[H-].[Na+]. The number of ether oxygens (including phenoxy) is 2. The van der Waals surface area contributed by atoms with Crippen LogP contribution in [0.4, 0.5) is 0 Å². The Morgan fingerprint density at radius 1 is 1.18 bits per heavy atom. The molecule has 1 aromatic carbocycles. The monoisotopic (exact) mass is 400 g/mol. The van der Waals surface area contributed by atoms with E-state index in [1.807, 2.05) is 19.9 Å². The van der Waals surface area contributed by atoms with Crippen molar-refractivity contribution in [3.05, 3.63) is 23.5 Å². The maximum absolute atomic E-state index is 10.2. The molecule has 0 fully saturated rings. The van der Waals surface area contributed by atoms with Gasteiger partial charge in [-0.3, -0.25) is 0 Å². The molecule has 0 amide bonds. The molecule has 0 spiro atoms. The molecular formula is C20H33N4NaO3. The van der Waals surface area contributed by atoms with Gasteiger partial charge in [0.15, 0.2) is 17.3 Å². The van der Waals surface area contributed by atoms with Crippen LogP contribution in [0.15, 0.2) is 12.1 Å². The molecule has 2 aromatic rings. The van der Waals surface area contributed by atoms with E-state index in [2.05, 4.69) is 41.4 Å². The molecule has 0 aliphatic rings. The number of aromatic amines is 1. The van der Waals surface area contributed by atoms with E-state index in [1.54, 1.807) is 6.07 Å². The zero-order chi connectivity index (χ0) is 19.9. The first kappa shape index (κ1) is 24.7. The van der Waals surface area contributed by atoms with Gasteiger partial charge >= 0.3 is 29.6 Å². The second kappa shape index (κ2) is 11.6. The molecule has 1 heterocycles. The van der Waals surface area contributed by atoms with E-state index in [0.29, 0.717) is 12.4 Å². The molecule has 28 heavy (non-hydrogen) atoms. The Morgan fingerprint density at radius 2 is 1.93 bits per heavy atom. The predicted octanol–water partition coefficient (Wildman–Crippen LogP) is 1.29. The van der Waals surface area contributed by atoms with Crippen LogP contribution in [0.2, 0.25) is 0 Å². The normalized spacial score (nSPS) is 11.4. The Hall–Kier alpha value is -1.31. The minimum absolute atomic E-state index is 0. The fraction of sp³-hybridized carbons (Fsp3) is 0.650. The summed E-state index contributed by atoms with van der Waals surface area (Å²) in [4.78, 5) is 0. The third kappa shape index (κ3) is 7.26. The fourth-order valence-corrected chi connectivity index (χ4v) is 2.94. The summed E-state index contributed by atoms with van der Waals surface area (Å²) in [6.45, 7) is 10.8. The van der Waals surface area contributed by atoms with Gasteiger partial charge in [-0.2, -0.15) is 5.21 Å². The Morgan fingerprint density at radius 3 is 2.54 bits per heavy atom. The van der Waals surface area contributed by atoms with Gasteiger partial charge in [0, 0.05) is 11.5 Å². The van der Waals surface area contributed by atoms with Gasteiger partial charge in [0.05, 0.1) is 12.7 Å². The van der Waals surface area contributed by atoms with Gasteiger partial charge in [-0.25, -0.2) is 0 Å². The summed E-state index contributed by atoms with van der Waals surface area (Å²) in [5.74, 6) is 2.12. The van der Waals surface area contributed by atoms with Gasteiger partial charge in [0.1, 0.15) is 5.75 Å². The number of benzene rings is 1. The summed E-state index contributed by atoms with van der Waals surface area (Å²) < 4.78 is 11.6. The van der Waals surface area contributed by atoms with Crippen LogP contribution < -0.4 is 39.0 Å². The third-order valence-electron chi connectivity index (χ3n) is 4.54. The van der Waals surface area contributed by atoms with Crippen molar-refractivity contribution in [2.75, 3.05) is 6.61 Å². The molecule has 152 valence electrons. The molecule has 2 N–H and O–H groups in total. The van der Waals surface area contributed by atoms with Gasteiger partial charge in [0.2, 0.25) is 0 Å². The molecule has 0 atom stereocenters. The van der Waals surface area contributed by atoms with Crippen LogP contribution in [0.3, 0.4) is 0 Å². The average Bonchev–Trinajstić information content (AvgIpc) is 3.15. The summed E-state index contributed by atoms with van der Waals surface area (Å²) in [6.07, 6.45) is 4.92. The van der Waals surface area contributed by atoms with E-state index < -0.39 is 0 Å². The number of rotatable bonds is 11. The van der Waals surface area contributed by atoms with Crippen molar-refractivity contribution in [1.82, 2.24) is 20.6 Å². The molecule has 0 aliphatic heterocycles. The molecule has 0 aliphatic carbocycles. The summed E-state index contributed by atoms with van der Waals surface area (Å²) in [7, 11) is 0. The molecule has 8 heteroatoms. The number of hydrogen-bond acceptors (Lipinski definition) is 6. The van der Waals surface area contributed by atoms with Crippen LogP contribution in [-0.4, -0.2) is 38.4 Å². The third-order valence-corrected chi connectivity index (χ3v) is 4.54. The summed E-state index contributed by atoms with van der Waals surface area (Å²) in [5, 5.41) is 24.5. The van der Waals surface area contributed by atoms with Crippen molar-refractivity contribution in [3.63, 3.8) is 0 Å². The van der Waals surface area contributed by atoms with Gasteiger partial charge in [-0.15, -0.1) is 10.2 Å². The fourth-order valence-electron chi connectivity index (χ4n) is 2.94. The number of aromatic hydroxyl groups is 1. The summed E-state index contributed by atoms with van der Waals surface area (Å²) in [5.41, 5.74) is 0.961. The Labute approximate surface area is 191 Å². The minimum Gasteiger partial charge on any atom is -1.00 e. The van der Waals surface area contributed by atoms with Gasteiger partial charge in [-0.1, -0.05) is 38.8 Å². The van der Waals surface area contributed by atoms with Crippen LogP contribution in [0.5, 0.6) is 17.2 Å². The molecule has 0 saturated carbocycles. The van der Waals surface area contributed by atoms with Gasteiger partial charge in [-0.05, 0) is 44.7 Å². The number of hydrogen-bond donors (Lipinski definition) is 2. The summed E-state index contributed by atoms with van der Waals surface area (Å²) in [6, 6.07) is 3.54. The quantitative estimate of drug-likeness (QED) is 0.436. The number of phenols is 1. The molecule has 0 saturated heterocycles. The standard InChI is InChI=1S/C20H32N4O3.Na.H/c1-6-15-12-18(27-14(2)3)16(25)13-17(15)26-11-9-7-8-10-20(4,5)19-21-23-24-22-19;;/h12-14,25H,6-11H2,1-5H3,(H,21,22,23,24);;/q;+1;-1. The number of aromatic nitrogens is 4. The Balaban J connectivity index is 0.00000392. The van der Waals surface area contributed by atoms with Gasteiger partial charge < -0.3 is 16.0 Å². The first-order chi connectivity index (χ1) is 12.8. The first-order valence-electron chi connectivity index (χ1n) is 9.72. The molecule has 2 rings (SSSR count). The van der Waals surface area contributed by atoms with Crippen molar-refractivity contribution < 1.29 is 45.6 Å². The van der Waals surface area contributed by atoms with Crippen molar-refractivity contribution >= 4 is 0 Å². The predicted molar refractivity (Wildman–Crippen MR) is 106 cm³/mol. The van der Waals surface area contributed by atoms with Crippen LogP contribution in [0.1, 0.15) is 73.1 Å². The minimum atomic E-state index is -0.0821. The molecule has 7 nitrogen and oxygen atoms in total. The van der Waals surface area contributed by atoms with Crippen molar-refractivity contribution in [2.45, 2.75) is 78.2 Å². The number of phenolic OH excluding ortho intramolecular Hbond substituents is 1. The van der Waals surface area contributed by atoms with Crippen LogP contribution in [0, 0.1) is 0 Å². The number of tetrazole rings is 1. The first-order valence-corrected chi connectivity index (χ1v) is 9.72.